The first-order chi connectivity index (χ1) is 11.5. The van der Waals surface area contributed by atoms with E-state index in [1.165, 1.54) is 0 Å². The molecule has 1 saturated heterocycles. The SMILES string of the molecule is CCc1cc(Br)ccc1S(=O)(=O)N1CCN(c2cnccn2)CC1. The van der Waals surface area contributed by atoms with Gasteiger partial charge in [-0.05, 0) is 30.2 Å². The summed E-state index contributed by atoms with van der Waals surface area (Å²) in [7, 11) is -3.48. The molecule has 0 unspecified atom stereocenters. The Morgan fingerprint density at radius 1 is 1.17 bits per heavy atom. The van der Waals surface area contributed by atoms with Gasteiger partial charge in [0.05, 0.1) is 11.1 Å². The fraction of sp³-hybridized carbons (Fsp3) is 0.375. The number of sulfonamides is 1. The van der Waals surface area contributed by atoms with Gasteiger partial charge in [0.2, 0.25) is 10.0 Å². The number of hydrogen-bond acceptors (Lipinski definition) is 5. The molecule has 0 spiro atoms. The number of anilines is 1. The van der Waals surface area contributed by atoms with Gasteiger partial charge in [0.25, 0.3) is 0 Å². The molecule has 8 heteroatoms. The van der Waals surface area contributed by atoms with E-state index in [2.05, 4.69) is 30.8 Å². The summed E-state index contributed by atoms with van der Waals surface area (Å²) in [5.41, 5.74) is 0.834. The molecule has 1 aliphatic heterocycles. The van der Waals surface area contributed by atoms with Gasteiger partial charge in [-0.2, -0.15) is 4.31 Å². The highest BCUT2D eigenvalue weighted by molar-refractivity contribution is 9.10. The van der Waals surface area contributed by atoms with Crippen molar-refractivity contribution in [1.29, 1.82) is 0 Å². The van der Waals surface area contributed by atoms with E-state index in [1.807, 2.05) is 13.0 Å². The van der Waals surface area contributed by atoms with Gasteiger partial charge in [-0.1, -0.05) is 22.9 Å². The van der Waals surface area contributed by atoms with E-state index < -0.39 is 10.0 Å². The van der Waals surface area contributed by atoms with E-state index in [4.69, 9.17) is 0 Å². The zero-order chi connectivity index (χ0) is 17.2. The Labute approximate surface area is 150 Å². The van der Waals surface area contributed by atoms with Crippen LogP contribution in [0.3, 0.4) is 0 Å². The molecule has 6 nitrogen and oxygen atoms in total. The van der Waals surface area contributed by atoms with Gasteiger partial charge >= 0.3 is 0 Å². The summed E-state index contributed by atoms with van der Waals surface area (Å²) < 4.78 is 28.4. The molecule has 24 heavy (non-hydrogen) atoms. The molecule has 1 aliphatic rings. The summed E-state index contributed by atoms with van der Waals surface area (Å²) in [6.07, 6.45) is 5.65. The Bertz CT molecular complexity index is 806. The van der Waals surface area contributed by atoms with Crippen molar-refractivity contribution < 1.29 is 8.42 Å². The monoisotopic (exact) mass is 410 g/mol. The average Bonchev–Trinajstić information content (AvgIpc) is 2.62. The van der Waals surface area contributed by atoms with Crippen molar-refractivity contribution in [3.63, 3.8) is 0 Å². The second kappa shape index (κ2) is 7.16. The molecular weight excluding hydrogens is 392 g/mol. The Hall–Kier alpha value is -1.51. The van der Waals surface area contributed by atoms with E-state index in [0.29, 0.717) is 37.5 Å². The van der Waals surface area contributed by atoms with Crippen LogP contribution in [0.4, 0.5) is 5.82 Å². The molecule has 2 heterocycles. The summed E-state index contributed by atoms with van der Waals surface area (Å²) in [6.45, 7) is 4.06. The van der Waals surface area contributed by atoms with Gasteiger partial charge in [-0.3, -0.25) is 4.98 Å². The average molecular weight is 411 g/mol. The van der Waals surface area contributed by atoms with Crippen LogP contribution >= 0.6 is 15.9 Å². The molecule has 3 rings (SSSR count). The first kappa shape index (κ1) is 17.3. The number of hydrogen-bond donors (Lipinski definition) is 0. The van der Waals surface area contributed by atoms with Crippen molar-refractivity contribution in [2.45, 2.75) is 18.2 Å². The normalized spacial score (nSPS) is 16.3. The van der Waals surface area contributed by atoms with Gasteiger partial charge in [-0.15, -0.1) is 0 Å². The molecule has 0 saturated carbocycles. The van der Waals surface area contributed by atoms with Crippen LogP contribution in [0.2, 0.25) is 0 Å². The minimum Gasteiger partial charge on any atom is -0.353 e. The van der Waals surface area contributed by atoms with Gasteiger partial charge in [0.1, 0.15) is 5.82 Å². The van der Waals surface area contributed by atoms with Gasteiger partial charge < -0.3 is 4.90 Å². The molecule has 0 amide bonds. The van der Waals surface area contributed by atoms with Crippen LogP contribution in [-0.4, -0.2) is 48.9 Å². The Morgan fingerprint density at radius 2 is 1.92 bits per heavy atom. The number of benzene rings is 1. The topological polar surface area (TPSA) is 66.4 Å². The smallest absolute Gasteiger partial charge is 0.243 e. The molecule has 1 fully saturated rings. The van der Waals surface area contributed by atoms with Crippen LogP contribution < -0.4 is 4.90 Å². The van der Waals surface area contributed by atoms with Crippen molar-refractivity contribution in [3.05, 3.63) is 46.8 Å². The van der Waals surface area contributed by atoms with E-state index in [1.54, 1.807) is 35.0 Å². The quantitative estimate of drug-likeness (QED) is 0.773. The van der Waals surface area contributed by atoms with Crippen molar-refractivity contribution in [3.8, 4) is 0 Å². The number of nitrogens with zero attached hydrogens (tertiary/aromatic N) is 4. The highest BCUT2D eigenvalue weighted by Gasteiger charge is 2.30. The lowest BCUT2D eigenvalue weighted by molar-refractivity contribution is 0.383. The number of rotatable bonds is 4. The zero-order valence-corrected chi connectivity index (χ0v) is 15.8. The van der Waals surface area contributed by atoms with E-state index in [-0.39, 0.29) is 0 Å². The maximum absolute atomic E-state index is 13.0. The number of halogens is 1. The highest BCUT2D eigenvalue weighted by atomic mass is 79.9. The van der Waals surface area contributed by atoms with E-state index in [9.17, 15) is 8.42 Å². The Balaban J connectivity index is 1.78. The number of piperazine rings is 1. The summed E-state index contributed by atoms with van der Waals surface area (Å²) in [6, 6.07) is 5.35. The minimum atomic E-state index is -3.48. The second-order valence-electron chi connectivity index (χ2n) is 5.56. The molecular formula is C16H19BrN4O2S. The summed E-state index contributed by atoms with van der Waals surface area (Å²) in [5.74, 6) is 0.785. The fourth-order valence-electron chi connectivity index (χ4n) is 2.83. The van der Waals surface area contributed by atoms with E-state index >= 15 is 0 Å². The van der Waals surface area contributed by atoms with Crippen LogP contribution in [0.5, 0.6) is 0 Å². The molecule has 0 radical (unpaired) electrons. The standard InChI is InChI=1S/C16H19BrN4O2S/c1-2-13-11-14(17)3-4-15(13)24(22,23)21-9-7-20(8-10-21)16-12-18-5-6-19-16/h3-6,11-12H,2,7-10H2,1H3. The number of aryl methyl sites for hydroxylation is 1. The van der Waals surface area contributed by atoms with Crippen LogP contribution in [0.25, 0.3) is 0 Å². The lowest BCUT2D eigenvalue weighted by Gasteiger charge is -2.34. The van der Waals surface area contributed by atoms with Crippen LogP contribution in [-0.2, 0) is 16.4 Å². The molecule has 128 valence electrons. The van der Waals surface area contributed by atoms with Gasteiger partial charge in [0.15, 0.2) is 0 Å². The summed E-state index contributed by atoms with van der Waals surface area (Å²) in [4.78, 5) is 10.8. The largest absolute Gasteiger partial charge is 0.353 e. The van der Waals surface area contributed by atoms with Crippen LogP contribution in [0.1, 0.15) is 12.5 Å². The highest BCUT2D eigenvalue weighted by Crippen LogP contribution is 2.25. The van der Waals surface area contributed by atoms with Crippen molar-refractivity contribution in [2.75, 3.05) is 31.1 Å². The van der Waals surface area contributed by atoms with Crippen molar-refractivity contribution >= 4 is 31.8 Å². The Kier molecular flexibility index (Phi) is 5.17. The van der Waals surface area contributed by atoms with Crippen molar-refractivity contribution in [2.24, 2.45) is 0 Å². The first-order valence-electron chi connectivity index (χ1n) is 7.82. The van der Waals surface area contributed by atoms with Crippen molar-refractivity contribution in [1.82, 2.24) is 14.3 Å². The lowest BCUT2D eigenvalue weighted by atomic mass is 10.2. The minimum absolute atomic E-state index is 0.404. The molecule has 0 bridgehead atoms. The molecule has 0 aliphatic carbocycles. The maximum Gasteiger partial charge on any atom is 0.243 e. The third-order valence-electron chi connectivity index (χ3n) is 4.13. The predicted molar refractivity (Wildman–Crippen MR) is 96.5 cm³/mol. The van der Waals surface area contributed by atoms with Gasteiger partial charge in [0, 0.05) is 43.0 Å². The molecule has 0 atom stereocenters. The van der Waals surface area contributed by atoms with E-state index in [0.717, 1.165) is 15.9 Å². The first-order valence-corrected chi connectivity index (χ1v) is 10.0. The zero-order valence-electron chi connectivity index (χ0n) is 13.4. The molecule has 0 N–H and O–H groups in total. The lowest BCUT2D eigenvalue weighted by Crippen LogP contribution is -2.49. The third-order valence-corrected chi connectivity index (χ3v) is 6.63. The van der Waals surface area contributed by atoms with Crippen LogP contribution in [0.15, 0.2) is 46.2 Å². The van der Waals surface area contributed by atoms with Crippen LogP contribution in [0, 0.1) is 0 Å². The number of aromatic nitrogens is 2. The summed E-state index contributed by atoms with van der Waals surface area (Å²) >= 11 is 3.41. The third kappa shape index (κ3) is 3.45. The molecule has 2 aromatic rings. The molecule has 1 aromatic carbocycles. The Morgan fingerprint density at radius 3 is 2.54 bits per heavy atom. The molecule has 1 aromatic heterocycles. The summed E-state index contributed by atoms with van der Waals surface area (Å²) in [5, 5.41) is 0. The fourth-order valence-corrected chi connectivity index (χ4v) is 4.93. The maximum atomic E-state index is 13.0. The van der Waals surface area contributed by atoms with Gasteiger partial charge in [-0.25, -0.2) is 13.4 Å². The second-order valence-corrected chi connectivity index (χ2v) is 8.38. The predicted octanol–water partition coefficient (Wildman–Crippen LogP) is 2.31.